The van der Waals surface area contributed by atoms with E-state index < -0.39 is 27.0 Å². The van der Waals surface area contributed by atoms with Crippen LogP contribution in [0.4, 0.5) is 21.5 Å². The average molecular weight is 386 g/mol. The lowest BCUT2D eigenvalue weighted by molar-refractivity contribution is -0.393. The summed E-state index contributed by atoms with van der Waals surface area (Å²) in [4.78, 5) is 20.3. The normalized spacial score (nSPS) is 10.9. The molecule has 3 rings (SSSR count). The Balaban J connectivity index is 1.72. The minimum Gasteiger partial charge on any atom is -0.272 e. The standard InChI is InChI=1S/C15H11FN8O4/c16-10-1-3-11(4-2-10)22-15(19-20-21-22)7-8-17-18-13-6-5-12(23(25)26)9-14(13)24(27)28/h1-6,8-9,18H,7H2/b17-8+. The maximum atomic E-state index is 13.0. The molecule has 0 amide bonds. The maximum Gasteiger partial charge on any atom is 0.301 e. The van der Waals surface area contributed by atoms with E-state index in [1.807, 2.05) is 0 Å². The van der Waals surface area contributed by atoms with Crippen molar-refractivity contribution in [2.24, 2.45) is 5.10 Å². The molecule has 1 aromatic heterocycles. The second-order valence-corrected chi connectivity index (χ2v) is 5.33. The summed E-state index contributed by atoms with van der Waals surface area (Å²) in [6, 6.07) is 8.70. The molecule has 0 unspecified atom stereocenters. The van der Waals surface area contributed by atoms with Crippen molar-refractivity contribution in [3.63, 3.8) is 0 Å². The Kier molecular flexibility index (Phi) is 5.25. The third-order valence-corrected chi connectivity index (χ3v) is 3.54. The molecule has 0 bridgehead atoms. The van der Waals surface area contributed by atoms with Gasteiger partial charge < -0.3 is 0 Å². The van der Waals surface area contributed by atoms with Crippen molar-refractivity contribution >= 4 is 23.3 Å². The van der Waals surface area contributed by atoms with Gasteiger partial charge in [-0.25, -0.2) is 4.39 Å². The van der Waals surface area contributed by atoms with E-state index in [2.05, 4.69) is 26.1 Å². The lowest BCUT2D eigenvalue weighted by Crippen LogP contribution is -2.05. The van der Waals surface area contributed by atoms with Gasteiger partial charge in [-0.15, -0.1) is 5.10 Å². The highest BCUT2D eigenvalue weighted by atomic mass is 19.1. The van der Waals surface area contributed by atoms with Gasteiger partial charge in [-0.3, -0.25) is 25.7 Å². The molecule has 0 spiro atoms. The zero-order chi connectivity index (χ0) is 20.1. The summed E-state index contributed by atoms with van der Waals surface area (Å²) >= 11 is 0. The van der Waals surface area contributed by atoms with Crippen molar-refractivity contribution in [1.82, 2.24) is 20.2 Å². The number of hydrogen-bond donors (Lipinski definition) is 1. The molecule has 3 aromatic rings. The molecule has 28 heavy (non-hydrogen) atoms. The number of tetrazole rings is 1. The van der Waals surface area contributed by atoms with Gasteiger partial charge in [0.25, 0.3) is 5.69 Å². The molecule has 0 aliphatic heterocycles. The van der Waals surface area contributed by atoms with Gasteiger partial charge in [0.05, 0.1) is 21.6 Å². The molecule has 0 aliphatic carbocycles. The number of rotatable bonds is 7. The number of nitrogens with one attached hydrogen (secondary N) is 1. The zero-order valence-electron chi connectivity index (χ0n) is 14.0. The molecular formula is C15H11FN8O4. The molecule has 0 atom stereocenters. The SMILES string of the molecule is O=[N+]([O-])c1ccc(N/N=C/Cc2nnnn2-c2ccc(F)cc2)c([N+](=O)[O-])c1. The molecule has 0 saturated heterocycles. The summed E-state index contributed by atoms with van der Waals surface area (Å²) in [5.74, 6) is 0.00388. The molecule has 0 saturated carbocycles. The number of hydrogen-bond acceptors (Lipinski definition) is 9. The predicted molar refractivity (Wildman–Crippen MR) is 94.7 cm³/mol. The van der Waals surface area contributed by atoms with E-state index in [1.165, 1.54) is 41.2 Å². The Hall–Kier alpha value is -4.29. The van der Waals surface area contributed by atoms with Gasteiger partial charge in [0.1, 0.15) is 11.5 Å². The van der Waals surface area contributed by atoms with Crippen LogP contribution in [-0.4, -0.2) is 36.3 Å². The van der Waals surface area contributed by atoms with E-state index >= 15 is 0 Å². The minimum absolute atomic E-state index is 0.00928. The van der Waals surface area contributed by atoms with Gasteiger partial charge in [-0.05, 0) is 40.8 Å². The predicted octanol–water partition coefficient (Wildman–Crippen LogP) is 2.26. The summed E-state index contributed by atoms with van der Waals surface area (Å²) in [5, 5.41) is 36.9. The number of hydrazone groups is 1. The van der Waals surface area contributed by atoms with E-state index in [1.54, 1.807) is 0 Å². The van der Waals surface area contributed by atoms with Crippen LogP contribution in [0, 0.1) is 26.0 Å². The van der Waals surface area contributed by atoms with E-state index in [0.717, 1.165) is 12.1 Å². The van der Waals surface area contributed by atoms with Crippen molar-refractivity contribution < 1.29 is 14.2 Å². The quantitative estimate of drug-likeness (QED) is 0.368. The van der Waals surface area contributed by atoms with Crippen LogP contribution in [0.15, 0.2) is 47.6 Å². The lowest BCUT2D eigenvalue weighted by atomic mass is 10.2. The smallest absolute Gasteiger partial charge is 0.272 e. The third kappa shape index (κ3) is 4.09. The number of non-ortho nitro benzene ring substituents is 1. The van der Waals surface area contributed by atoms with Gasteiger partial charge in [0.2, 0.25) is 0 Å². The van der Waals surface area contributed by atoms with Gasteiger partial charge in [0.15, 0.2) is 5.82 Å². The molecule has 0 fully saturated rings. The highest BCUT2D eigenvalue weighted by molar-refractivity contribution is 5.68. The maximum absolute atomic E-state index is 13.0. The molecule has 0 radical (unpaired) electrons. The summed E-state index contributed by atoms with van der Waals surface area (Å²) in [6.07, 6.45) is 1.54. The first-order valence-electron chi connectivity index (χ1n) is 7.69. The van der Waals surface area contributed by atoms with Crippen LogP contribution in [-0.2, 0) is 6.42 Å². The lowest BCUT2D eigenvalue weighted by Gasteiger charge is -2.03. The van der Waals surface area contributed by atoms with Crippen LogP contribution in [0.25, 0.3) is 5.69 Å². The van der Waals surface area contributed by atoms with Crippen LogP contribution in [0.5, 0.6) is 0 Å². The van der Waals surface area contributed by atoms with Crippen LogP contribution >= 0.6 is 0 Å². The average Bonchev–Trinajstić information content (AvgIpc) is 3.14. The summed E-state index contributed by atoms with van der Waals surface area (Å²) < 4.78 is 14.4. The van der Waals surface area contributed by atoms with Crippen LogP contribution in [0.2, 0.25) is 0 Å². The van der Waals surface area contributed by atoms with Gasteiger partial charge in [-0.2, -0.15) is 9.78 Å². The summed E-state index contributed by atoms with van der Waals surface area (Å²) in [5.41, 5.74) is 2.12. The van der Waals surface area contributed by atoms with E-state index in [4.69, 9.17) is 0 Å². The summed E-state index contributed by atoms with van der Waals surface area (Å²) in [6.45, 7) is 0. The Bertz CT molecular complexity index is 1050. The number of nitro benzene ring substituents is 2. The van der Waals surface area contributed by atoms with Crippen molar-refractivity contribution in [3.05, 3.63) is 74.3 Å². The number of halogens is 1. The van der Waals surface area contributed by atoms with Crippen LogP contribution in [0.3, 0.4) is 0 Å². The monoisotopic (exact) mass is 386 g/mol. The first-order chi connectivity index (χ1) is 13.5. The Morgan fingerprint density at radius 3 is 2.57 bits per heavy atom. The molecule has 12 nitrogen and oxygen atoms in total. The number of nitro groups is 2. The van der Waals surface area contributed by atoms with E-state index in [-0.39, 0.29) is 12.1 Å². The minimum atomic E-state index is -0.750. The molecular weight excluding hydrogens is 375 g/mol. The first kappa shape index (κ1) is 18.5. The third-order valence-electron chi connectivity index (χ3n) is 3.54. The van der Waals surface area contributed by atoms with Crippen molar-refractivity contribution in [1.29, 1.82) is 0 Å². The highest BCUT2D eigenvalue weighted by Gasteiger charge is 2.19. The van der Waals surface area contributed by atoms with Crippen LogP contribution in [0.1, 0.15) is 5.82 Å². The van der Waals surface area contributed by atoms with Crippen LogP contribution < -0.4 is 5.43 Å². The number of nitrogens with zero attached hydrogens (tertiary/aromatic N) is 7. The molecule has 1 N–H and O–H groups in total. The fraction of sp³-hybridized carbons (Fsp3) is 0.0667. The Morgan fingerprint density at radius 1 is 1.14 bits per heavy atom. The number of anilines is 1. The molecule has 1 heterocycles. The van der Waals surface area contributed by atoms with Gasteiger partial charge in [0, 0.05) is 18.7 Å². The largest absolute Gasteiger partial charge is 0.301 e. The second kappa shape index (κ2) is 7.94. The molecule has 13 heteroatoms. The molecule has 142 valence electrons. The van der Waals surface area contributed by atoms with Crippen molar-refractivity contribution in [2.75, 3.05) is 5.43 Å². The zero-order valence-corrected chi connectivity index (χ0v) is 14.0. The van der Waals surface area contributed by atoms with Crippen molar-refractivity contribution in [2.45, 2.75) is 6.42 Å². The van der Waals surface area contributed by atoms with Crippen molar-refractivity contribution in [3.8, 4) is 5.69 Å². The van der Waals surface area contributed by atoms with E-state index in [9.17, 15) is 24.6 Å². The Morgan fingerprint density at radius 2 is 1.89 bits per heavy atom. The number of aromatic nitrogens is 4. The Labute approximate surface area is 155 Å². The molecule has 2 aromatic carbocycles. The first-order valence-corrected chi connectivity index (χ1v) is 7.69. The van der Waals surface area contributed by atoms with Gasteiger partial charge >= 0.3 is 5.69 Å². The molecule has 0 aliphatic rings. The second-order valence-electron chi connectivity index (χ2n) is 5.33. The summed E-state index contributed by atoms with van der Waals surface area (Å²) in [7, 11) is 0. The fourth-order valence-corrected chi connectivity index (χ4v) is 2.24. The van der Waals surface area contributed by atoms with Gasteiger partial charge in [-0.1, -0.05) is 0 Å². The van der Waals surface area contributed by atoms with E-state index in [0.29, 0.717) is 11.5 Å². The topological polar surface area (TPSA) is 154 Å². The number of benzene rings is 2. The highest BCUT2D eigenvalue weighted by Crippen LogP contribution is 2.28. The fourth-order valence-electron chi connectivity index (χ4n) is 2.24.